The van der Waals surface area contributed by atoms with E-state index >= 15 is 0 Å². The third kappa shape index (κ3) is 3.60. The van der Waals surface area contributed by atoms with Gasteiger partial charge in [0, 0.05) is 5.56 Å². The second-order valence-electron chi connectivity index (χ2n) is 5.26. The van der Waals surface area contributed by atoms with E-state index in [-0.39, 0.29) is 11.8 Å². The van der Waals surface area contributed by atoms with Crippen LogP contribution in [-0.2, 0) is 4.79 Å². The number of methoxy groups -OCH3 is 1. The fourth-order valence-corrected chi connectivity index (χ4v) is 2.98. The van der Waals surface area contributed by atoms with Crippen LogP contribution in [0.25, 0.3) is 10.6 Å². The lowest BCUT2D eigenvalue weighted by atomic mass is 10.0. The van der Waals surface area contributed by atoms with Crippen molar-refractivity contribution in [3.05, 3.63) is 60.2 Å². The number of anilines is 1. The van der Waals surface area contributed by atoms with Gasteiger partial charge >= 0.3 is 0 Å². The molecule has 1 aromatic heterocycles. The quantitative estimate of drug-likeness (QED) is 0.764. The molecule has 122 valence electrons. The van der Waals surface area contributed by atoms with Crippen molar-refractivity contribution >= 4 is 22.4 Å². The van der Waals surface area contributed by atoms with Crippen LogP contribution >= 0.6 is 11.3 Å². The van der Waals surface area contributed by atoms with E-state index in [0.29, 0.717) is 5.13 Å². The summed E-state index contributed by atoms with van der Waals surface area (Å²) in [4.78, 5) is 12.4. The van der Waals surface area contributed by atoms with Crippen molar-refractivity contribution in [3.8, 4) is 16.3 Å². The van der Waals surface area contributed by atoms with Crippen molar-refractivity contribution < 1.29 is 9.53 Å². The van der Waals surface area contributed by atoms with E-state index in [1.807, 2.05) is 61.5 Å². The molecule has 1 N–H and O–H groups in total. The Bertz CT molecular complexity index is 816. The number of benzene rings is 2. The molecule has 0 bridgehead atoms. The summed E-state index contributed by atoms with van der Waals surface area (Å²) < 4.78 is 5.14. The Morgan fingerprint density at radius 3 is 2.46 bits per heavy atom. The third-order valence-electron chi connectivity index (χ3n) is 3.68. The van der Waals surface area contributed by atoms with Crippen LogP contribution in [0.2, 0.25) is 0 Å². The number of nitrogens with one attached hydrogen (secondary N) is 1. The molecule has 1 heterocycles. The Kier molecular flexibility index (Phi) is 4.86. The minimum Gasteiger partial charge on any atom is -0.497 e. The molecule has 0 spiro atoms. The summed E-state index contributed by atoms with van der Waals surface area (Å²) in [5.41, 5.74) is 1.90. The zero-order valence-corrected chi connectivity index (χ0v) is 14.2. The topological polar surface area (TPSA) is 64.1 Å². The van der Waals surface area contributed by atoms with Gasteiger partial charge in [-0.3, -0.25) is 10.1 Å². The molecule has 6 heteroatoms. The fourth-order valence-electron chi connectivity index (χ4n) is 2.23. The molecule has 24 heavy (non-hydrogen) atoms. The van der Waals surface area contributed by atoms with Gasteiger partial charge in [-0.05, 0) is 36.8 Å². The van der Waals surface area contributed by atoms with Crippen LogP contribution in [0.15, 0.2) is 54.6 Å². The highest BCUT2D eigenvalue weighted by atomic mass is 32.1. The number of nitrogens with zero attached hydrogens (tertiary/aromatic N) is 2. The van der Waals surface area contributed by atoms with Gasteiger partial charge in [0.15, 0.2) is 0 Å². The van der Waals surface area contributed by atoms with E-state index in [1.54, 1.807) is 7.11 Å². The molecule has 5 nitrogen and oxygen atoms in total. The maximum atomic E-state index is 12.4. The Labute approximate surface area is 144 Å². The normalized spacial score (nSPS) is 11.8. The number of hydrogen-bond acceptors (Lipinski definition) is 5. The molecule has 0 aliphatic carbocycles. The van der Waals surface area contributed by atoms with Crippen LogP contribution in [0.5, 0.6) is 5.75 Å². The lowest BCUT2D eigenvalue weighted by Crippen LogP contribution is -2.18. The molecule has 0 saturated heterocycles. The zero-order valence-electron chi connectivity index (χ0n) is 13.4. The molecule has 1 amide bonds. The highest BCUT2D eigenvalue weighted by Crippen LogP contribution is 2.28. The molecule has 0 aliphatic heterocycles. The summed E-state index contributed by atoms with van der Waals surface area (Å²) in [5.74, 6) is 0.437. The van der Waals surface area contributed by atoms with Crippen LogP contribution in [0.1, 0.15) is 18.4 Å². The number of aromatic nitrogens is 2. The highest BCUT2D eigenvalue weighted by Gasteiger charge is 2.17. The molecular weight excluding hydrogens is 322 g/mol. The van der Waals surface area contributed by atoms with Crippen LogP contribution in [0.4, 0.5) is 5.13 Å². The fraction of sp³-hybridized carbons (Fsp3) is 0.167. The largest absolute Gasteiger partial charge is 0.497 e. The van der Waals surface area contributed by atoms with Gasteiger partial charge in [-0.15, -0.1) is 10.2 Å². The average molecular weight is 339 g/mol. The summed E-state index contributed by atoms with van der Waals surface area (Å²) in [5, 5.41) is 12.3. The minimum atomic E-state index is -0.250. The van der Waals surface area contributed by atoms with E-state index in [0.717, 1.165) is 21.9 Å². The summed E-state index contributed by atoms with van der Waals surface area (Å²) in [6.07, 6.45) is 0. The summed E-state index contributed by atoms with van der Waals surface area (Å²) in [6.45, 7) is 1.87. The van der Waals surface area contributed by atoms with Crippen molar-refractivity contribution in [1.29, 1.82) is 0 Å². The Morgan fingerprint density at radius 1 is 1.08 bits per heavy atom. The second-order valence-corrected chi connectivity index (χ2v) is 6.24. The smallest absolute Gasteiger partial charge is 0.233 e. The van der Waals surface area contributed by atoms with Gasteiger partial charge in [0.1, 0.15) is 10.8 Å². The van der Waals surface area contributed by atoms with Crippen LogP contribution in [0, 0.1) is 0 Å². The van der Waals surface area contributed by atoms with E-state index in [4.69, 9.17) is 4.74 Å². The third-order valence-corrected chi connectivity index (χ3v) is 4.57. The number of carbonyl (C=O) groups excluding carboxylic acids is 1. The average Bonchev–Trinajstić information content (AvgIpc) is 3.10. The van der Waals surface area contributed by atoms with Crippen molar-refractivity contribution in [1.82, 2.24) is 10.2 Å². The predicted octanol–water partition coefficient (Wildman–Crippen LogP) is 3.96. The molecule has 2 aromatic carbocycles. The molecule has 3 rings (SSSR count). The first-order valence-corrected chi connectivity index (χ1v) is 8.33. The first-order chi connectivity index (χ1) is 11.7. The van der Waals surface area contributed by atoms with Crippen molar-refractivity contribution in [2.75, 3.05) is 12.4 Å². The van der Waals surface area contributed by atoms with Gasteiger partial charge in [-0.1, -0.05) is 41.7 Å². The van der Waals surface area contributed by atoms with E-state index in [9.17, 15) is 4.79 Å². The number of rotatable bonds is 5. The lowest BCUT2D eigenvalue weighted by Gasteiger charge is -2.10. The summed E-state index contributed by atoms with van der Waals surface area (Å²) >= 11 is 1.35. The SMILES string of the molecule is COc1ccc(-c2nnc(NC(=O)C(C)c3ccccc3)s2)cc1. The number of ether oxygens (including phenoxy) is 1. The maximum Gasteiger partial charge on any atom is 0.233 e. The molecule has 0 radical (unpaired) electrons. The van der Waals surface area contributed by atoms with Gasteiger partial charge < -0.3 is 4.74 Å². The van der Waals surface area contributed by atoms with Crippen molar-refractivity contribution in [2.24, 2.45) is 0 Å². The second kappa shape index (κ2) is 7.23. The summed E-state index contributed by atoms with van der Waals surface area (Å²) in [6, 6.07) is 17.2. The van der Waals surface area contributed by atoms with Crippen LogP contribution in [0.3, 0.4) is 0 Å². The Balaban J connectivity index is 1.70. The molecular formula is C18H17N3O2S. The molecule has 0 fully saturated rings. The van der Waals surface area contributed by atoms with E-state index < -0.39 is 0 Å². The van der Waals surface area contributed by atoms with Crippen molar-refractivity contribution in [2.45, 2.75) is 12.8 Å². The molecule has 3 aromatic rings. The minimum absolute atomic E-state index is 0.0985. The molecule has 1 unspecified atom stereocenters. The zero-order chi connectivity index (χ0) is 16.9. The van der Waals surface area contributed by atoms with Crippen LogP contribution < -0.4 is 10.1 Å². The first kappa shape index (κ1) is 16.1. The van der Waals surface area contributed by atoms with Gasteiger partial charge in [0.05, 0.1) is 13.0 Å². The monoisotopic (exact) mass is 339 g/mol. The maximum absolute atomic E-state index is 12.4. The summed E-state index contributed by atoms with van der Waals surface area (Å²) in [7, 11) is 1.63. The highest BCUT2D eigenvalue weighted by molar-refractivity contribution is 7.18. The van der Waals surface area contributed by atoms with E-state index in [2.05, 4.69) is 15.5 Å². The number of hydrogen-bond donors (Lipinski definition) is 1. The van der Waals surface area contributed by atoms with Gasteiger partial charge in [0.2, 0.25) is 11.0 Å². The Morgan fingerprint density at radius 2 is 1.79 bits per heavy atom. The van der Waals surface area contributed by atoms with Gasteiger partial charge in [-0.2, -0.15) is 0 Å². The van der Waals surface area contributed by atoms with Crippen LogP contribution in [-0.4, -0.2) is 23.2 Å². The van der Waals surface area contributed by atoms with Gasteiger partial charge in [-0.25, -0.2) is 0 Å². The van der Waals surface area contributed by atoms with Gasteiger partial charge in [0.25, 0.3) is 0 Å². The first-order valence-electron chi connectivity index (χ1n) is 7.51. The number of carbonyl (C=O) groups is 1. The van der Waals surface area contributed by atoms with Crippen molar-refractivity contribution in [3.63, 3.8) is 0 Å². The lowest BCUT2D eigenvalue weighted by molar-refractivity contribution is -0.117. The number of amides is 1. The molecule has 1 atom stereocenters. The standard InChI is InChI=1S/C18H17N3O2S/c1-12(13-6-4-3-5-7-13)16(22)19-18-21-20-17(24-18)14-8-10-15(23-2)11-9-14/h3-12H,1-2H3,(H,19,21,22). The molecule has 0 saturated carbocycles. The molecule has 0 aliphatic rings. The van der Waals surface area contributed by atoms with E-state index in [1.165, 1.54) is 11.3 Å². The predicted molar refractivity (Wildman–Crippen MR) is 95.4 cm³/mol. The Hall–Kier alpha value is -2.73.